The molecule has 0 aliphatic rings. The van der Waals surface area contributed by atoms with Gasteiger partial charge in [0.15, 0.2) is 15.5 Å². The Bertz CT molecular complexity index is 1320. The highest BCUT2D eigenvalue weighted by atomic mass is 32.2. The molecule has 0 bridgehead atoms. The minimum atomic E-state index is -4.62. The van der Waals surface area contributed by atoms with Gasteiger partial charge in [0.2, 0.25) is 0 Å². The van der Waals surface area contributed by atoms with Gasteiger partial charge in [-0.25, -0.2) is 13.1 Å². The Hall–Kier alpha value is -2.87. The second kappa shape index (κ2) is 6.07. The normalized spacial score (nSPS) is 12.8. The maximum absolute atomic E-state index is 13.6. The van der Waals surface area contributed by atoms with Crippen LogP contribution in [-0.4, -0.2) is 24.5 Å². The van der Waals surface area contributed by atoms with Crippen LogP contribution in [0.1, 0.15) is 11.3 Å². The van der Waals surface area contributed by atoms with Crippen LogP contribution in [0.4, 0.5) is 13.2 Å². The van der Waals surface area contributed by atoms with Crippen molar-refractivity contribution in [1.29, 1.82) is 0 Å². The molecule has 0 aliphatic heterocycles. The largest absolute Gasteiger partial charge is 0.435 e. The van der Waals surface area contributed by atoms with Crippen LogP contribution in [0.2, 0.25) is 0 Å². The highest BCUT2D eigenvalue weighted by Crippen LogP contribution is 2.38. The van der Waals surface area contributed by atoms with E-state index in [1.54, 1.807) is 12.1 Å². The van der Waals surface area contributed by atoms with Gasteiger partial charge in [-0.2, -0.15) is 18.3 Å². The molecule has 8 heteroatoms. The van der Waals surface area contributed by atoms with Gasteiger partial charge in [-0.05, 0) is 42.6 Å². The fraction of sp³-hybridized carbons (Fsp3) is 0.150. The van der Waals surface area contributed by atoms with E-state index in [2.05, 4.69) is 5.10 Å². The number of sulfone groups is 1. The first-order valence-corrected chi connectivity index (χ1v) is 10.2. The van der Waals surface area contributed by atoms with Crippen LogP contribution in [0.15, 0.2) is 59.5 Å². The summed E-state index contributed by atoms with van der Waals surface area (Å²) in [5.74, 6) is 0. The first kappa shape index (κ1) is 18.5. The second-order valence-corrected chi connectivity index (χ2v) is 8.73. The molecule has 0 spiro atoms. The first-order chi connectivity index (χ1) is 13.1. The molecule has 0 atom stereocenters. The second-order valence-electron chi connectivity index (χ2n) is 6.71. The fourth-order valence-corrected chi connectivity index (χ4v) is 3.92. The number of halogens is 3. The zero-order chi connectivity index (χ0) is 20.3. The molecule has 4 aromatic rings. The number of benzene rings is 3. The van der Waals surface area contributed by atoms with Gasteiger partial charge in [0, 0.05) is 17.0 Å². The number of aryl methyl sites for hydroxylation is 1. The molecule has 0 fully saturated rings. The third-order valence-corrected chi connectivity index (χ3v) is 5.72. The van der Waals surface area contributed by atoms with Crippen molar-refractivity contribution < 1.29 is 21.6 Å². The lowest BCUT2D eigenvalue weighted by molar-refractivity contribution is -0.140. The van der Waals surface area contributed by atoms with Crippen LogP contribution in [0.25, 0.3) is 27.4 Å². The van der Waals surface area contributed by atoms with Crippen molar-refractivity contribution in [2.75, 3.05) is 6.26 Å². The average molecular weight is 404 g/mol. The number of aromatic nitrogens is 2. The highest BCUT2D eigenvalue weighted by Gasteiger charge is 2.37. The molecule has 1 heterocycles. The lowest BCUT2D eigenvalue weighted by Crippen LogP contribution is -2.07. The Labute approximate surface area is 159 Å². The summed E-state index contributed by atoms with van der Waals surface area (Å²) in [4.78, 5) is 0.0873. The third-order valence-electron chi connectivity index (χ3n) is 4.59. The van der Waals surface area contributed by atoms with Gasteiger partial charge < -0.3 is 0 Å². The van der Waals surface area contributed by atoms with Gasteiger partial charge in [-0.15, -0.1) is 0 Å². The van der Waals surface area contributed by atoms with Gasteiger partial charge in [0.05, 0.1) is 16.1 Å². The van der Waals surface area contributed by atoms with Crippen molar-refractivity contribution in [3.63, 3.8) is 0 Å². The molecule has 0 N–H and O–H groups in total. The van der Waals surface area contributed by atoms with E-state index in [9.17, 15) is 21.6 Å². The van der Waals surface area contributed by atoms with Crippen molar-refractivity contribution in [2.24, 2.45) is 0 Å². The van der Waals surface area contributed by atoms with Crippen LogP contribution in [0.5, 0.6) is 0 Å². The van der Waals surface area contributed by atoms with E-state index in [4.69, 9.17) is 0 Å². The summed E-state index contributed by atoms with van der Waals surface area (Å²) in [5.41, 5.74) is 0.696. The first-order valence-electron chi connectivity index (χ1n) is 8.35. The van der Waals surface area contributed by atoms with Crippen LogP contribution in [0, 0.1) is 6.92 Å². The third kappa shape index (κ3) is 3.03. The topological polar surface area (TPSA) is 52.0 Å². The summed E-state index contributed by atoms with van der Waals surface area (Å²) in [6, 6.07) is 14.2. The molecule has 3 aromatic carbocycles. The van der Waals surface area contributed by atoms with Gasteiger partial charge >= 0.3 is 6.18 Å². The fourth-order valence-electron chi connectivity index (χ4n) is 3.29. The molecule has 144 valence electrons. The molecule has 0 aliphatic carbocycles. The summed E-state index contributed by atoms with van der Waals surface area (Å²) >= 11 is 0. The lowest BCUT2D eigenvalue weighted by Gasteiger charge is -2.08. The number of fused-ring (bicyclic) bond motifs is 3. The minimum Gasteiger partial charge on any atom is -0.232 e. The van der Waals surface area contributed by atoms with Gasteiger partial charge in [0.1, 0.15) is 0 Å². The van der Waals surface area contributed by atoms with E-state index in [0.29, 0.717) is 16.6 Å². The van der Waals surface area contributed by atoms with Crippen LogP contribution in [0.3, 0.4) is 0 Å². The SMILES string of the molecule is Cc1ccc2c(ccc3c(C(F)(F)F)nn(-c4ccc(S(C)(=O)=O)cc4)c32)c1. The quantitative estimate of drug-likeness (QED) is 0.477. The standard InChI is InChI=1S/C20H15F3N2O2S/c1-12-3-9-16-13(11-12)4-10-17-18(16)25(24-19(17)20(21,22)23)14-5-7-15(8-6-14)28(2,26)27/h3-11H,1-2H3. The molecule has 0 unspecified atom stereocenters. The Morgan fingerprint density at radius 2 is 1.57 bits per heavy atom. The van der Waals surface area contributed by atoms with Gasteiger partial charge in [-0.3, -0.25) is 0 Å². The van der Waals surface area contributed by atoms with E-state index >= 15 is 0 Å². The van der Waals surface area contributed by atoms with Crippen LogP contribution in [-0.2, 0) is 16.0 Å². The Kier molecular flexibility index (Phi) is 4.01. The Morgan fingerprint density at radius 3 is 2.18 bits per heavy atom. The zero-order valence-corrected chi connectivity index (χ0v) is 15.8. The molecule has 4 rings (SSSR count). The van der Waals surface area contributed by atoms with E-state index in [1.807, 2.05) is 19.1 Å². The summed E-state index contributed by atoms with van der Waals surface area (Å²) in [6.07, 6.45) is -3.54. The molecule has 0 saturated heterocycles. The molecular formula is C20H15F3N2O2S. The van der Waals surface area contributed by atoms with Gasteiger partial charge in [-0.1, -0.05) is 29.8 Å². The minimum absolute atomic E-state index is 0.00366. The van der Waals surface area contributed by atoms with E-state index < -0.39 is 21.7 Å². The van der Waals surface area contributed by atoms with Crippen LogP contribution >= 0.6 is 0 Å². The zero-order valence-electron chi connectivity index (χ0n) is 14.9. The molecular weight excluding hydrogens is 389 g/mol. The summed E-state index contributed by atoms with van der Waals surface area (Å²) in [7, 11) is -3.41. The molecule has 4 nitrogen and oxygen atoms in total. The summed E-state index contributed by atoms with van der Waals surface area (Å²) in [6.45, 7) is 1.91. The maximum atomic E-state index is 13.6. The predicted molar refractivity (Wildman–Crippen MR) is 101 cm³/mol. The van der Waals surface area contributed by atoms with Crippen molar-refractivity contribution in [3.05, 3.63) is 65.9 Å². The number of nitrogens with zero attached hydrogens (tertiary/aromatic N) is 2. The van der Waals surface area contributed by atoms with E-state index in [1.165, 1.54) is 35.0 Å². The van der Waals surface area contributed by atoms with Gasteiger partial charge in [0.25, 0.3) is 0 Å². The average Bonchev–Trinajstić information content (AvgIpc) is 3.01. The lowest BCUT2D eigenvalue weighted by atomic mass is 10.0. The van der Waals surface area contributed by atoms with Crippen molar-refractivity contribution in [2.45, 2.75) is 18.0 Å². The van der Waals surface area contributed by atoms with Crippen molar-refractivity contribution in [3.8, 4) is 5.69 Å². The van der Waals surface area contributed by atoms with Crippen molar-refractivity contribution in [1.82, 2.24) is 9.78 Å². The molecule has 0 radical (unpaired) electrons. The van der Waals surface area contributed by atoms with E-state index in [-0.39, 0.29) is 10.3 Å². The maximum Gasteiger partial charge on any atom is 0.435 e. The molecule has 1 aromatic heterocycles. The monoisotopic (exact) mass is 404 g/mol. The molecule has 28 heavy (non-hydrogen) atoms. The Morgan fingerprint density at radius 1 is 0.929 bits per heavy atom. The summed E-state index contributed by atoms with van der Waals surface area (Å²) < 4.78 is 65.3. The number of hydrogen-bond donors (Lipinski definition) is 0. The highest BCUT2D eigenvalue weighted by molar-refractivity contribution is 7.90. The molecule has 0 saturated carbocycles. The molecule has 0 amide bonds. The number of hydrogen-bond acceptors (Lipinski definition) is 3. The van der Waals surface area contributed by atoms with E-state index in [0.717, 1.165) is 17.2 Å². The summed E-state index contributed by atoms with van der Waals surface area (Å²) in [5, 5.41) is 5.27. The number of alkyl halides is 3. The smallest absolute Gasteiger partial charge is 0.232 e. The van der Waals surface area contributed by atoms with Crippen LogP contribution < -0.4 is 0 Å². The van der Waals surface area contributed by atoms with Crippen molar-refractivity contribution >= 4 is 31.5 Å². The predicted octanol–water partition coefficient (Wildman–Crippen LogP) is 4.91. The number of rotatable bonds is 2. The Balaban J connectivity index is 2.07.